The van der Waals surface area contributed by atoms with E-state index in [1.54, 1.807) is 4.57 Å². The van der Waals surface area contributed by atoms with Gasteiger partial charge in [-0.25, -0.2) is 4.98 Å². The van der Waals surface area contributed by atoms with Crippen molar-refractivity contribution in [2.24, 2.45) is 11.1 Å². The van der Waals surface area contributed by atoms with Crippen LogP contribution in [0.1, 0.15) is 39.5 Å². The number of fused-ring (bicyclic) bond motifs is 1. The molecular weight excluding hydrogens is 316 g/mol. The molecule has 1 aromatic carbocycles. The highest BCUT2D eigenvalue weighted by Crippen LogP contribution is 2.24. The van der Waals surface area contributed by atoms with Crippen molar-refractivity contribution < 1.29 is 5.21 Å². The third-order valence-electron chi connectivity index (χ3n) is 4.63. The second kappa shape index (κ2) is 7.68. The highest BCUT2D eigenvalue weighted by atomic mass is 16.4. The lowest BCUT2D eigenvalue weighted by molar-refractivity contribution is 0.296. The van der Waals surface area contributed by atoms with Crippen LogP contribution >= 0.6 is 0 Å². The van der Waals surface area contributed by atoms with Crippen molar-refractivity contribution in [1.82, 2.24) is 9.55 Å². The Morgan fingerprint density at radius 1 is 1.16 bits per heavy atom. The number of benzene rings is 1. The Kier molecular flexibility index (Phi) is 5.36. The molecule has 25 heavy (non-hydrogen) atoms. The van der Waals surface area contributed by atoms with E-state index in [4.69, 9.17) is 0 Å². The second-order valence-corrected chi connectivity index (χ2v) is 7.09. The summed E-state index contributed by atoms with van der Waals surface area (Å²) in [7, 11) is 0. The predicted octanol–water partition coefficient (Wildman–Crippen LogP) is 2.72. The van der Waals surface area contributed by atoms with Crippen LogP contribution in [0.5, 0.6) is 0 Å². The molecule has 3 rings (SSSR count). The van der Waals surface area contributed by atoms with Crippen molar-refractivity contribution >= 4 is 16.7 Å². The van der Waals surface area contributed by atoms with Crippen LogP contribution in [0.15, 0.2) is 34.2 Å². The molecule has 1 N–H and O–H groups in total. The summed E-state index contributed by atoms with van der Waals surface area (Å²) in [6.07, 6.45) is 4.64. The number of hydrogen-bond donors (Lipinski definition) is 1. The van der Waals surface area contributed by atoms with Crippen LogP contribution in [-0.2, 0) is 6.54 Å². The molecule has 0 amide bonds. The minimum absolute atomic E-state index is 0.143. The van der Waals surface area contributed by atoms with E-state index in [0.29, 0.717) is 6.54 Å². The Balaban J connectivity index is 2.35. The van der Waals surface area contributed by atoms with Gasteiger partial charge in [-0.3, -0.25) is 4.79 Å². The van der Waals surface area contributed by atoms with Crippen LogP contribution in [0.4, 0.5) is 5.82 Å². The van der Waals surface area contributed by atoms with Gasteiger partial charge in [-0.15, -0.1) is 0 Å². The van der Waals surface area contributed by atoms with Crippen molar-refractivity contribution in [3.8, 4) is 0 Å². The van der Waals surface area contributed by atoms with Gasteiger partial charge in [-0.1, -0.05) is 44.0 Å². The molecule has 6 nitrogen and oxygen atoms in total. The lowest BCUT2D eigenvalue weighted by Crippen LogP contribution is -2.36. The number of anilines is 1. The average molecular weight is 342 g/mol. The molecule has 0 bridgehead atoms. The first-order chi connectivity index (χ1) is 12.1. The predicted molar refractivity (Wildman–Crippen MR) is 98.9 cm³/mol. The Morgan fingerprint density at radius 3 is 2.48 bits per heavy atom. The van der Waals surface area contributed by atoms with Gasteiger partial charge in [0.15, 0.2) is 0 Å². The number of aromatic nitrogens is 2. The van der Waals surface area contributed by atoms with Gasteiger partial charge in [0.05, 0.1) is 5.52 Å². The normalized spacial score (nSPS) is 16.4. The van der Waals surface area contributed by atoms with Gasteiger partial charge in [0, 0.05) is 25.0 Å². The molecule has 0 unspecified atom stereocenters. The maximum atomic E-state index is 12.9. The lowest BCUT2D eigenvalue weighted by Gasteiger charge is -2.21. The summed E-state index contributed by atoms with van der Waals surface area (Å²) in [6.45, 7) is 6.49. The van der Waals surface area contributed by atoms with Crippen molar-refractivity contribution in [2.45, 2.75) is 46.1 Å². The first-order valence-electron chi connectivity index (χ1n) is 9.08. The van der Waals surface area contributed by atoms with E-state index >= 15 is 0 Å². The fraction of sp³-hybridized carbons (Fsp3) is 0.526. The molecule has 6 heteroatoms. The van der Waals surface area contributed by atoms with E-state index in [1.807, 2.05) is 24.3 Å². The standard InChI is InChI=1S/C19H26N4O2/c1-14(2)13-23-16-10-6-5-9-15(16)18(20-17(21-25)19(23)24)22-11-7-3-4-8-12-22/h5-6,9-10,14,25H,3-4,7-8,11-13H2,1-2H3. The monoisotopic (exact) mass is 342 g/mol. The molecule has 0 atom stereocenters. The topological polar surface area (TPSA) is 70.7 Å². The second-order valence-electron chi connectivity index (χ2n) is 7.09. The third-order valence-corrected chi connectivity index (χ3v) is 4.63. The Morgan fingerprint density at radius 2 is 1.84 bits per heavy atom. The van der Waals surface area contributed by atoms with Crippen molar-refractivity contribution in [1.29, 1.82) is 0 Å². The van der Waals surface area contributed by atoms with Gasteiger partial charge in [0.25, 0.3) is 11.0 Å². The van der Waals surface area contributed by atoms with E-state index in [2.05, 4.69) is 28.9 Å². The Hall–Kier alpha value is -2.37. The minimum Gasteiger partial charge on any atom is -0.409 e. The molecule has 1 saturated heterocycles. The van der Waals surface area contributed by atoms with E-state index in [0.717, 1.165) is 42.7 Å². The van der Waals surface area contributed by atoms with E-state index in [-0.39, 0.29) is 17.0 Å². The molecule has 2 heterocycles. The smallest absolute Gasteiger partial charge is 0.299 e. The van der Waals surface area contributed by atoms with Gasteiger partial charge in [-0.2, -0.15) is 0 Å². The van der Waals surface area contributed by atoms with Gasteiger partial charge in [0.2, 0.25) is 0 Å². The highest BCUT2D eigenvalue weighted by Gasteiger charge is 2.17. The Labute approximate surface area is 147 Å². The zero-order valence-corrected chi connectivity index (χ0v) is 15.0. The van der Waals surface area contributed by atoms with Crippen molar-refractivity contribution in [3.63, 3.8) is 0 Å². The molecule has 0 saturated carbocycles. The van der Waals surface area contributed by atoms with E-state index < -0.39 is 0 Å². The van der Waals surface area contributed by atoms with Crippen LogP contribution in [-0.4, -0.2) is 27.8 Å². The highest BCUT2D eigenvalue weighted by molar-refractivity contribution is 5.89. The third kappa shape index (κ3) is 3.67. The van der Waals surface area contributed by atoms with Gasteiger partial charge >= 0.3 is 0 Å². The lowest BCUT2D eigenvalue weighted by atomic mass is 10.2. The van der Waals surface area contributed by atoms with Gasteiger partial charge in [-0.05, 0) is 30.9 Å². The number of para-hydroxylation sites is 1. The summed E-state index contributed by atoms with van der Waals surface area (Å²) < 4.78 is 1.68. The summed E-state index contributed by atoms with van der Waals surface area (Å²) in [4.78, 5) is 19.6. The maximum absolute atomic E-state index is 12.9. The van der Waals surface area contributed by atoms with Gasteiger partial charge < -0.3 is 14.7 Å². The molecule has 0 aliphatic carbocycles. The molecular formula is C19H26N4O2. The average Bonchev–Trinajstić information content (AvgIpc) is 2.94. The van der Waals surface area contributed by atoms with Crippen LogP contribution in [0.2, 0.25) is 0 Å². The molecule has 0 radical (unpaired) electrons. The first kappa shape index (κ1) is 17.5. The van der Waals surface area contributed by atoms with Crippen LogP contribution in [0.25, 0.3) is 10.9 Å². The van der Waals surface area contributed by atoms with E-state index in [9.17, 15) is 10.0 Å². The van der Waals surface area contributed by atoms with Crippen molar-refractivity contribution in [2.75, 3.05) is 18.0 Å². The molecule has 0 spiro atoms. The van der Waals surface area contributed by atoms with Crippen LogP contribution < -0.4 is 15.9 Å². The summed E-state index contributed by atoms with van der Waals surface area (Å²) in [5, 5.41) is 13.5. The quantitative estimate of drug-likeness (QED) is 0.688. The first-order valence-corrected chi connectivity index (χ1v) is 9.08. The van der Waals surface area contributed by atoms with Gasteiger partial charge in [0.1, 0.15) is 5.82 Å². The number of hydrogen-bond acceptors (Lipinski definition) is 5. The number of rotatable bonds is 3. The maximum Gasteiger partial charge on any atom is 0.299 e. The molecule has 1 aliphatic heterocycles. The summed E-state index contributed by atoms with van der Waals surface area (Å²) in [5.74, 6) is 1.03. The zero-order chi connectivity index (χ0) is 17.8. The molecule has 1 aliphatic rings. The fourth-order valence-electron chi connectivity index (χ4n) is 3.47. The van der Waals surface area contributed by atoms with Crippen molar-refractivity contribution in [3.05, 3.63) is 40.1 Å². The number of nitrogens with zero attached hydrogens (tertiary/aromatic N) is 4. The summed E-state index contributed by atoms with van der Waals surface area (Å²) >= 11 is 0. The molecule has 1 aromatic heterocycles. The summed E-state index contributed by atoms with van der Waals surface area (Å²) in [6, 6.07) is 7.84. The van der Waals surface area contributed by atoms with Crippen LogP contribution in [0, 0.1) is 5.92 Å². The van der Waals surface area contributed by atoms with Crippen LogP contribution in [0.3, 0.4) is 0 Å². The largest absolute Gasteiger partial charge is 0.409 e. The molecule has 2 aromatic rings. The zero-order valence-electron chi connectivity index (χ0n) is 15.0. The molecule has 1 fully saturated rings. The SMILES string of the molecule is CC(C)Cn1c(=O)c(=NO)nc(N2CCCCCC2)c2ccccc21. The Bertz CT molecular complexity index is 865. The minimum atomic E-state index is -0.353. The molecule has 134 valence electrons. The fourth-order valence-corrected chi connectivity index (χ4v) is 3.47. The van der Waals surface area contributed by atoms with E-state index in [1.165, 1.54) is 12.8 Å². The summed E-state index contributed by atoms with van der Waals surface area (Å²) in [5.41, 5.74) is 0.340.